The number of nitrogens with zero attached hydrogens (tertiary/aromatic N) is 3. The predicted octanol–water partition coefficient (Wildman–Crippen LogP) is 10.9. The average Bonchev–Trinajstić information content (AvgIpc) is 3.65. The molecule has 0 aliphatic heterocycles. The van der Waals surface area contributed by atoms with Gasteiger partial charge in [-0.2, -0.15) is 0 Å². The van der Waals surface area contributed by atoms with Crippen molar-refractivity contribution in [1.29, 1.82) is 0 Å². The van der Waals surface area contributed by atoms with Crippen molar-refractivity contribution in [2.75, 3.05) is 0 Å². The molecule has 0 N–H and O–H groups in total. The van der Waals surface area contributed by atoms with Crippen LogP contribution in [-0.4, -0.2) is 15.0 Å². The van der Waals surface area contributed by atoms with Gasteiger partial charge in [-0.3, -0.25) is 0 Å². The van der Waals surface area contributed by atoms with Crippen LogP contribution in [0.3, 0.4) is 0 Å². The van der Waals surface area contributed by atoms with Gasteiger partial charge in [0.1, 0.15) is 0 Å². The lowest BCUT2D eigenvalue weighted by Gasteiger charge is -2.31. The third-order valence-electron chi connectivity index (χ3n) is 10.2. The van der Waals surface area contributed by atoms with Crippen LogP contribution in [-0.2, 0) is 5.41 Å². The molecule has 228 valence electrons. The average molecular weight is 624 g/mol. The normalized spacial score (nSPS) is 15.0. The predicted molar refractivity (Wildman–Crippen MR) is 198 cm³/mol. The lowest BCUT2D eigenvalue weighted by Crippen LogP contribution is -2.26. The van der Waals surface area contributed by atoms with Gasteiger partial charge >= 0.3 is 0 Å². The molecule has 0 saturated carbocycles. The van der Waals surface area contributed by atoms with Crippen LogP contribution in [0.2, 0.25) is 0 Å². The standard InChI is InChI=1S/C46H29N3/c1-4-14-30(15-5-1)33-24-26-37-35-20-10-12-22-39(35)46(41(37)28-33)40-23-13-11-21-36(40)38-27-25-34(29-42(38)46)45-48-43(31-16-6-2-7-17-31)47-44(49-45)32-18-8-3-9-19-32/h1-29H. The Morgan fingerprint density at radius 2 is 0.633 bits per heavy atom. The van der Waals surface area contributed by atoms with E-state index in [9.17, 15) is 0 Å². The quantitative estimate of drug-likeness (QED) is 0.196. The van der Waals surface area contributed by atoms with Gasteiger partial charge in [-0.05, 0) is 67.8 Å². The summed E-state index contributed by atoms with van der Waals surface area (Å²) in [6.45, 7) is 0. The minimum absolute atomic E-state index is 0.490. The number of aromatic nitrogens is 3. The van der Waals surface area contributed by atoms with Crippen molar-refractivity contribution >= 4 is 0 Å². The molecule has 7 aromatic carbocycles. The molecule has 0 fully saturated rings. The first kappa shape index (κ1) is 27.6. The van der Waals surface area contributed by atoms with Gasteiger partial charge < -0.3 is 0 Å². The highest BCUT2D eigenvalue weighted by Gasteiger charge is 2.51. The summed E-state index contributed by atoms with van der Waals surface area (Å²) >= 11 is 0. The fourth-order valence-electron chi connectivity index (χ4n) is 8.03. The van der Waals surface area contributed by atoms with E-state index in [0.717, 1.165) is 16.7 Å². The van der Waals surface area contributed by atoms with Crippen molar-refractivity contribution in [3.8, 4) is 67.5 Å². The first-order valence-corrected chi connectivity index (χ1v) is 16.7. The number of rotatable bonds is 4. The van der Waals surface area contributed by atoms with Crippen LogP contribution in [0.25, 0.3) is 67.5 Å². The van der Waals surface area contributed by atoms with E-state index in [1.807, 2.05) is 36.4 Å². The minimum Gasteiger partial charge on any atom is -0.208 e. The summed E-state index contributed by atoms with van der Waals surface area (Å²) in [5.41, 5.74) is 15.1. The molecule has 0 radical (unpaired) electrons. The zero-order valence-corrected chi connectivity index (χ0v) is 26.6. The molecule has 49 heavy (non-hydrogen) atoms. The highest BCUT2D eigenvalue weighted by molar-refractivity contribution is 5.96. The Morgan fingerprint density at radius 3 is 1.14 bits per heavy atom. The molecule has 1 heterocycles. The van der Waals surface area contributed by atoms with Crippen molar-refractivity contribution in [2.45, 2.75) is 5.41 Å². The molecular formula is C46H29N3. The first-order valence-electron chi connectivity index (χ1n) is 16.7. The van der Waals surface area contributed by atoms with E-state index in [2.05, 4.69) is 140 Å². The van der Waals surface area contributed by atoms with E-state index in [4.69, 9.17) is 15.0 Å². The molecule has 10 rings (SSSR count). The largest absolute Gasteiger partial charge is 0.208 e. The van der Waals surface area contributed by atoms with Crippen LogP contribution < -0.4 is 0 Å². The van der Waals surface area contributed by atoms with Crippen LogP contribution in [0.4, 0.5) is 0 Å². The molecule has 3 nitrogen and oxygen atoms in total. The van der Waals surface area contributed by atoms with Crippen molar-refractivity contribution < 1.29 is 0 Å². The molecule has 2 aliphatic rings. The van der Waals surface area contributed by atoms with Gasteiger partial charge in [0.2, 0.25) is 0 Å². The summed E-state index contributed by atoms with van der Waals surface area (Å²) in [5.74, 6) is 1.98. The van der Waals surface area contributed by atoms with Crippen LogP contribution in [0, 0.1) is 0 Å². The topological polar surface area (TPSA) is 38.7 Å². The van der Waals surface area contributed by atoms with E-state index in [1.54, 1.807) is 0 Å². The van der Waals surface area contributed by atoms with Gasteiger partial charge in [0, 0.05) is 16.7 Å². The zero-order valence-electron chi connectivity index (χ0n) is 26.6. The summed E-state index contributed by atoms with van der Waals surface area (Å²) < 4.78 is 0. The Labute approximate surface area is 285 Å². The Bertz CT molecular complexity index is 2470. The van der Waals surface area contributed by atoms with E-state index in [0.29, 0.717) is 17.5 Å². The summed E-state index contributed by atoms with van der Waals surface area (Å²) in [4.78, 5) is 15.2. The number of fused-ring (bicyclic) bond motifs is 10. The maximum Gasteiger partial charge on any atom is 0.164 e. The first-order chi connectivity index (χ1) is 24.3. The Balaban J connectivity index is 1.25. The summed E-state index contributed by atoms with van der Waals surface area (Å²) in [6, 6.07) is 62.7. The van der Waals surface area contributed by atoms with Crippen molar-refractivity contribution in [3.05, 3.63) is 198 Å². The Hall–Kier alpha value is -6.45. The molecule has 0 saturated heterocycles. The van der Waals surface area contributed by atoms with Gasteiger partial charge in [0.25, 0.3) is 0 Å². The molecule has 8 aromatic rings. The molecule has 1 atom stereocenters. The van der Waals surface area contributed by atoms with E-state index in [1.165, 1.54) is 55.6 Å². The number of hydrogen-bond acceptors (Lipinski definition) is 3. The van der Waals surface area contributed by atoms with E-state index >= 15 is 0 Å². The number of hydrogen-bond donors (Lipinski definition) is 0. The van der Waals surface area contributed by atoms with E-state index in [-0.39, 0.29) is 0 Å². The molecular weight excluding hydrogens is 595 g/mol. The van der Waals surface area contributed by atoms with Crippen molar-refractivity contribution in [1.82, 2.24) is 15.0 Å². The second-order valence-electron chi connectivity index (χ2n) is 12.8. The number of benzene rings is 7. The maximum absolute atomic E-state index is 5.11. The molecule has 1 spiro atoms. The molecule has 0 amide bonds. The molecule has 0 bridgehead atoms. The second kappa shape index (κ2) is 10.8. The maximum atomic E-state index is 5.11. The fourth-order valence-corrected chi connectivity index (χ4v) is 8.03. The SMILES string of the molecule is c1ccc(-c2ccc3c(c2)C2(c4ccccc4-3)c3ccccc3-c3ccc(-c4nc(-c5ccccc5)nc(-c5ccccc5)n4)cc32)cc1. The second-order valence-corrected chi connectivity index (χ2v) is 12.8. The fraction of sp³-hybridized carbons (Fsp3) is 0.0217. The highest BCUT2D eigenvalue weighted by Crippen LogP contribution is 2.63. The zero-order chi connectivity index (χ0) is 32.4. The minimum atomic E-state index is -0.490. The third kappa shape index (κ3) is 4.12. The molecule has 2 aliphatic carbocycles. The van der Waals surface area contributed by atoms with Crippen LogP contribution in [0.1, 0.15) is 22.3 Å². The third-order valence-corrected chi connectivity index (χ3v) is 10.2. The van der Waals surface area contributed by atoms with E-state index < -0.39 is 5.41 Å². The van der Waals surface area contributed by atoms with Crippen molar-refractivity contribution in [2.24, 2.45) is 0 Å². The Morgan fingerprint density at radius 1 is 0.265 bits per heavy atom. The monoisotopic (exact) mass is 623 g/mol. The summed E-state index contributed by atoms with van der Waals surface area (Å²) in [7, 11) is 0. The van der Waals surface area contributed by atoms with Crippen LogP contribution in [0.5, 0.6) is 0 Å². The van der Waals surface area contributed by atoms with Gasteiger partial charge in [0.05, 0.1) is 5.41 Å². The van der Waals surface area contributed by atoms with Crippen LogP contribution in [0.15, 0.2) is 176 Å². The summed E-state index contributed by atoms with van der Waals surface area (Å²) in [5, 5.41) is 0. The van der Waals surface area contributed by atoms with Gasteiger partial charge in [0.15, 0.2) is 17.5 Å². The van der Waals surface area contributed by atoms with Crippen molar-refractivity contribution in [3.63, 3.8) is 0 Å². The smallest absolute Gasteiger partial charge is 0.164 e. The summed E-state index contributed by atoms with van der Waals surface area (Å²) in [6.07, 6.45) is 0. The lowest BCUT2D eigenvalue weighted by atomic mass is 9.70. The Kier molecular flexibility index (Phi) is 6.09. The van der Waals surface area contributed by atoms with Gasteiger partial charge in [-0.15, -0.1) is 0 Å². The van der Waals surface area contributed by atoms with Gasteiger partial charge in [-0.1, -0.05) is 164 Å². The highest BCUT2D eigenvalue weighted by atomic mass is 15.0. The van der Waals surface area contributed by atoms with Gasteiger partial charge in [-0.25, -0.2) is 15.0 Å². The molecule has 3 heteroatoms. The molecule has 1 aromatic heterocycles. The molecule has 1 unspecified atom stereocenters. The lowest BCUT2D eigenvalue weighted by molar-refractivity contribution is 0.794. The van der Waals surface area contributed by atoms with Crippen LogP contribution >= 0.6 is 0 Å².